The van der Waals surface area contributed by atoms with Crippen molar-refractivity contribution < 1.29 is 9.59 Å². The molecule has 2 aliphatic heterocycles. The molecular formula is C25H24N4O2S. The maximum atomic E-state index is 12.7. The van der Waals surface area contributed by atoms with Crippen LogP contribution in [0, 0.1) is 0 Å². The Labute approximate surface area is 191 Å². The molecule has 2 aliphatic rings. The number of urea groups is 1. The second-order valence-corrected chi connectivity index (χ2v) is 8.82. The van der Waals surface area contributed by atoms with Crippen LogP contribution in [0.5, 0.6) is 0 Å². The first-order valence-corrected chi connectivity index (χ1v) is 11.6. The molecule has 0 aromatic heterocycles. The van der Waals surface area contributed by atoms with Crippen LogP contribution in [0.15, 0.2) is 82.6 Å². The zero-order chi connectivity index (χ0) is 21.9. The molecule has 0 aliphatic carbocycles. The molecule has 0 radical (unpaired) electrons. The van der Waals surface area contributed by atoms with Gasteiger partial charge in [-0.2, -0.15) is 0 Å². The third kappa shape index (κ3) is 4.03. The SMILES string of the molecule is O=C(NCCCN1c2ccccc2Sc2ccccc21)c1cccc(N2CCNC2=O)c1. The van der Waals surface area contributed by atoms with Gasteiger partial charge in [-0.25, -0.2) is 4.79 Å². The Kier molecular flexibility index (Phi) is 5.73. The van der Waals surface area contributed by atoms with E-state index in [9.17, 15) is 9.59 Å². The highest BCUT2D eigenvalue weighted by Gasteiger charge is 2.23. The zero-order valence-electron chi connectivity index (χ0n) is 17.6. The van der Waals surface area contributed by atoms with Crippen molar-refractivity contribution in [2.24, 2.45) is 0 Å². The van der Waals surface area contributed by atoms with Crippen LogP contribution < -0.4 is 20.4 Å². The zero-order valence-corrected chi connectivity index (χ0v) is 18.4. The van der Waals surface area contributed by atoms with E-state index in [0.29, 0.717) is 25.2 Å². The van der Waals surface area contributed by atoms with Gasteiger partial charge in [0.1, 0.15) is 0 Å². The maximum Gasteiger partial charge on any atom is 0.321 e. The quantitative estimate of drug-likeness (QED) is 0.544. The maximum absolute atomic E-state index is 12.7. The molecule has 162 valence electrons. The number of anilines is 3. The van der Waals surface area contributed by atoms with E-state index in [2.05, 4.69) is 64.1 Å². The summed E-state index contributed by atoms with van der Waals surface area (Å²) in [6, 6.07) is 24.0. The Morgan fingerprint density at radius 2 is 1.69 bits per heavy atom. The van der Waals surface area contributed by atoms with Crippen molar-refractivity contribution in [2.75, 3.05) is 36.0 Å². The number of amides is 3. The predicted molar refractivity (Wildman–Crippen MR) is 128 cm³/mol. The second-order valence-electron chi connectivity index (χ2n) is 7.73. The van der Waals surface area contributed by atoms with Gasteiger partial charge in [0.2, 0.25) is 0 Å². The van der Waals surface area contributed by atoms with E-state index in [-0.39, 0.29) is 11.9 Å². The van der Waals surface area contributed by atoms with Crippen LogP contribution in [0.3, 0.4) is 0 Å². The third-order valence-corrected chi connectivity index (χ3v) is 6.78. The third-order valence-electron chi connectivity index (χ3n) is 5.65. The van der Waals surface area contributed by atoms with Crippen molar-refractivity contribution in [3.8, 4) is 0 Å². The first-order valence-electron chi connectivity index (χ1n) is 10.8. The number of nitrogens with zero attached hydrogens (tertiary/aromatic N) is 2. The van der Waals surface area contributed by atoms with Crippen molar-refractivity contribution in [1.82, 2.24) is 10.6 Å². The number of carbonyl (C=O) groups is 2. The van der Waals surface area contributed by atoms with Gasteiger partial charge in [0.15, 0.2) is 0 Å². The fraction of sp³-hybridized carbons (Fsp3) is 0.200. The Morgan fingerprint density at radius 1 is 0.969 bits per heavy atom. The summed E-state index contributed by atoms with van der Waals surface area (Å²) in [6.45, 7) is 2.61. The van der Waals surface area contributed by atoms with E-state index >= 15 is 0 Å². The molecular weight excluding hydrogens is 420 g/mol. The number of carbonyl (C=O) groups excluding carboxylic acids is 2. The van der Waals surface area contributed by atoms with Gasteiger partial charge in [-0.05, 0) is 48.9 Å². The molecule has 0 spiro atoms. The summed E-state index contributed by atoms with van der Waals surface area (Å²) >= 11 is 1.80. The number of para-hydroxylation sites is 2. The topological polar surface area (TPSA) is 64.7 Å². The molecule has 0 saturated carbocycles. The van der Waals surface area contributed by atoms with Crippen LogP contribution >= 0.6 is 11.8 Å². The van der Waals surface area contributed by atoms with Gasteiger partial charge in [-0.1, -0.05) is 42.1 Å². The van der Waals surface area contributed by atoms with Gasteiger partial charge in [0.05, 0.1) is 11.4 Å². The summed E-state index contributed by atoms with van der Waals surface area (Å²) in [5, 5.41) is 5.81. The van der Waals surface area contributed by atoms with E-state index in [1.54, 1.807) is 28.8 Å². The van der Waals surface area contributed by atoms with Crippen molar-refractivity contribution >= 4 is 40.8 Å². The Balaban J connectivity index is 1.22. The minimum Gasteiger partial charge on any atom is -0.352 e. The summed E-state index contributed by atoms with van der Waals surface area (Å²) in [4.78, 5) is 31.1. The smallest absolute Gasteiger partial charge is 0.321 e. The Hall–Kier alpha value is -3.45. The van der Waals surface area contributed by atoms with Crippen LogP contribution in [-0.4, -0.2) is 38.1 Å². The summed E-state index contributed by atoms with van der Waals surface area (Å²) in [7, 11) is 0. The number of fused-ring (bicyclic) bond motifs is 2. The number of hydrogen-bond donors (Lipinski definition) is 2. The van der Waals surface area contributed by atoms with Gasteiger partial charge < -0.3 is 15.5 Å². The molecule has 3 aromatic carbocycles. The highest BCUT2D eigenvalue weighted by molar-refractivity contribution is 7.99. The van der Waals surface area contributed by atoms with Crippen molar-refractivity contribution in [1.29, 1.82) is 0 Å². The molecule has 3 aromatic rings. The molecule has 7 heteroatoms. The van der Waals surface area contributed by atoms with Crippen LogP contribution in [0.2, 0.25) is 0 Å². The number of rotatable bonds is 6. The molecule has 32 heavy (non-hydrogen) atoms. The molecule has 1 fully saturated rings. The lowest BCUT2D eigenvalue weighted by molar-refractivity contribution is 0.0953. The van der Waals surface area contributed by atoms with E-state index in [0.717, 1.165) is 18.7 Å². The first-order chi connectivity index (χ1) is 15.7. The van der Waals surface area contributed by atoms with Crippen LogP contribution in [-0.2, 0) is 0 Å². The largest absolute Gasteiger partial charge is 0.352 e. The van der Waals surface area contributed by atoms with E-state index < -0.39 is 0 Å². The molecule has 0 bridgehead atoms. The monoisotopic (exact) mass is 444 g/mol. The predicted octanol–water partition coefficient (Wildman–Crippen LogP) is 4.64. The summed E-state index contributed by atoms with van der Waals surface area (Å²) in [5.74, 6) is -0.124. The second kappa shape index (κ2) is 8.96. The molecule has 2 heterocycles. The van der Waals surface area contributed by atoms with Gasteiger partial charge >= 0.3 is 6.03 Å². The lowest BCUT2D eigenvalue weighted by atomic mass is 10.1. The summed E-state index contributed by atoms with van der Waals surface area (Å²) in [6.07, 6.45) is 0.813. The lowest BCUT2D eigenvalue weighted by Gasteiger charge is -2.32. The number of benzene rings is 3. The van der Waals surface area contributed by atoms with E-state index in [1.165, 1.54) is 21.2 Å². The van der Waals surface area contributed by atoms with E-state index in [4.69, 9.17) is 0 Å². The molecule has 0 unspecified atom stereocenters. The fourth-order valence-corrected chi connectivity index (χ4v) is 5.19. The molecule has 2 N–H and O–H groups in total. The molecule has 1 saturated heterocycles. The van der Waals surface area contributed by atoms with Crippen molar-refractivity contribution in [3.63, 3.8) is 0 Å². The van der Waals surface area contributed by atoms with Gasteiger partial charge in [-0.15, -0.1) is 0 Å². The van der Waals surface area contributed by atoms with Crippen LogP contribution in [0.25, 0.3) is 0 Å². The molecule has 5 rings (SSSR count). The normalized spacial score (nSPS) is 14.6. The van der Waals surface area contributed by atoms with Crippen molar-refractivity contribution in [2.45, 2.75) is 16.2 Å². The first kappa shape index (κ1) is 20.5. The summed E-state index contributed by atoms with van der Waals surface area (Å²) < 4.78 is 0. The lowest BCUT2D eigenvalue weighted by Crippen LogP contribution is -2.30. The molecule has 6 nitrogen and oxygen atoms in total. The fourth-order valence-electron chi connectivity index (χ4n) is 4.10. The average Bonchev–Trinajstić information content (AvgIpc) is 3.27. The van der Waals surface area contributed by atoms with E-state index in [1.807, 2.05) is 12.1 Å². The molecule has 3 amide bonds. The Morgan fingerprint density at radius 3 is 2.38 bits per heavy atom. The van der Waals surface area contributed by atoms with Crippen molar-refractivity contribution in [3.05, 3.63) is 78.4 Å². The Bertz CT molecular complexity index is 1120. The molecule has 0 atom stereocenters. The highest BCUT2D eigenvalue weighted by Crippen LogP contribution is 2.47. The van der Waals surface area contributed by atoms with Crippen LogP contribution in [0.4, 0.5) is 21.9 Å². The summed E-state index contributed by atoms with van der Waals surface area (Å²) in [5.41, 5.74) is 3.72. The minimum absolute atomic E-state index is 0.122. The average molecular weight is 445 g/mol. The standard InChI is InChI=1S/C25H24N4O2S/c30-24(18-7-5-8-19(17-18)28-16-14-27-25(28)31)26-13-6-15-29-20-9-1-3-11-22(20)32-23-12-4-2-10-21(23)29/h1-5,7-12,17H,6,13-16H2,(H,26,30)(H,27,31). The van der Waals surface area contributed by atoms with Gasteiger partial charge in [0.25, 0.3) is 5.91 Å². The number of nitrogens with one attached hydrogen (secondary N) is 2. The van der Waals surface area contributed by atoms with Crippen LogP contribution in [0.1, 0.15) is 16.8 Å². The highest BCUT2D eigenvalue weighted by atomic mass is 32.2. The minimum atomic E-state index is -0.124. The number of hydrogen-bond acceptors (Lipinski definition) is 4. The van der Waals surface area contributed by atoms with Gasteiger partial charge in [-0.3, -0.25) is 9.69 Å². The van der Waals surface area contributed by atoms with Gasteiger partial charge in [0, 0.05) is 47.2 Å².